The number of benzene rings is 1. The van der Waals surface area contributed by atoms with Crippen molar-refractivity contribution in [2.75, 3.05) is 0 Å². The zero-order chi connectivity index (χ0) is 10.3. The number of hydrogen-bond acceptors (Lipinski definition) is 2. The molecule has 1 aromatic carbocycles. The van der Waals surface area contributed by atoms with Crippen molar-refractivity contribution >= 4 is 50.0 Å². The molecule has 14 heavy (non-hydrogen) atoms. The summed E-state index contributed by atoms with van der Waals surface area (Å²) in [7, 11) is 0. The molecule has 0 aliphatic carbocycles. The summed E-state index contributed by atoms with van der Waals surface area (Å²) >= 11 is 15.1. The van der Waals surface area contributed by atoms with Crippen molar-refractivity contribution in [3.05, 3.63) is 32.6 Å². The third kappa shape index (κ3) is 1.72. The van der Waals surface area contributed by atoms with Gasteiger partial charge in [-0.2, -0.15) is 0 Å². The monoisotopic (exact) mass is 290 g/mol. The molecule has 1 heterocycles. The van der Waals surface area contributed by atoms with Crippen molar-refractivity contribution in [3.63, 3.8) is 0 Å². The Morgan fingerprint density at radius 2 is 1.93 bits per heavy atom. The summed E-state index contributed by atoms with van der Waals surface area (Å²) in [5, 5.41) is 1.35. The summed E-state index contributed by atoms with van der Waals surface area (Å²) in [5.41, 5.74) is 1.83. The first kappa shape index (κ1) is 10.1. The van der Waals surface area contributed by atoms with E-state index in [0.29, 0.717) is 5.15 Å². The quantitative estimate of drug-likeness (QED) is 0.541. The maximum absolute atomic E-state index is 5.95. The smallest absolute Gasteiger partial charge is 0.217 e. The lowest BCUT2D eigenvalue weighted by molar-refractivity contribution is 1.21. The molecule has 5 heteroatoms. The van der Waals surface area contributed by atoms with Gasteiger partial charge in [-0.25, -0.2) is 9.97 Å². The summed E-state index contributed by atoms with van der Waals surface area (Å²) in [6, 6.07) is 3.89. The normalized spacial score (nSPS) is 10.9. The van der Waals surface area contributed by atoms with E-state index in [1.165, 1.54) is 0 Å². The molecule has 0 bridgehead atoms. The Kier molecular flexibility index (Phi) is 2.64. The predicted octanol–water partition coefficient (Wildman–Crippen LogP) is 4.01. The summed E-state index contributed by atoms with van der Waals surface area (Å²) in [6.45, 7) is 1.98. The van der Waals surface area contributed by atoms with E-state index in [2.05, 4.69) is 25.9 Å². The van der Waals surface area contributed by atoms with E-state index in [1.807, 2.05) is 19.1 Å². The van der Waals surface area contributed by atoms with Gasteiger partial charge in [0.15, 0.2) is 0 Å². The number of hydrogen-bond donors (Lipinski definition) is 0. The second-order valence-electron chi connectivity index (χ2n) is 2.93. The van der Waals surface area contributed by atoms with Crippen LogP contribution in [-0.4, -0.2) is 9.97 Å². The summed E-state index contributed by atoms with van der Waals surface area (Å²) < 4.78 is 0.874. The number of fused-ring (bicyclic) bond motifs is 1. The molecule has 72 valence electrons. The van der Waals surface area contributed by atoms with Crippen molar-refractivity contribution < 1.29 is 0 Å². The van der Waals surface area contributed by atoms with Crippen molar-refractivity contribution in [3.8, 4) is 0 Å². The van der Waals surface area contributed by atoms with Gasteiger partial charge >= 0.3 is 0 Å². The molecule has 2 nitrogen and oxygen atoms in total. The van der Waals surface area contributed by atoms with Crippen LogP contribution >= 0.6 is 39.1 Å². The Balaban J connectivity index is 2.94. The van der Waals surface area contributed by atoms with Crippen LogP contribution in [0, 0.1) is 6.92 Å². The van der Waals surface area contributed by atoms with Crippen molar-refractivity contribution in [1.82, 2.24) is 9.97 Å². The Hall–Kier alpha value is -0.380. The van der Waals surface area contributed by atoms with Crippen LogP contribution in [0.1, 0.15) is 5.56 Å². The minimum Gasteiger partial charge on any atom is -0.217 e. The number of rotatable bonds is 0. The maximum atomic E-state index is 5.95. The lowest BCUT2D eigenvalue weighted by atomic mass is 10.2. The maximum Gasteiger partial charge on any atom is 0.224 e. The van der Waals surface area contributed by atoms with Gasteiger partial charge in [-0.15, -0.1) is 0 Å². The molecule has 0 amide bonds. The predicted molar refractivity (Wildman–Crippen MR) is 62.0 cm³/mol. The highest BCUT2D eigenvalue weighted by Crippen LogP contribution is 2.29. The molecule has 2 rings (SSSR count). The van der Waals surface area contributed by atoms with Crippen LogP contribution in [0.2, 0.25) is 10.4 Å². The van der Waals surface area contributed by atoms with Gasteiger partial charge in [-0.3, -0.25) is 0 Å². The van der Waals surface area contributed by atoms with Gasteiger partial charge in [0.25, 0.3) is 0 Å². The van der Waals surface area contributed by atoms with Gasteiger partial charge in [0.2, 0.25) is 5.28 Å². The third-order valence-electron chi connectivity index (χ3n) is 1.82. The Bertz CT molecular complexity index is 466. The lowest BCUT2D eigenvalue weighted by Gasteiger charge is -2.03. The number of nitrogens with zero attached hydrogens (tertiary/aromatic N) is 2. The van der Waals surface area contributed by atoms with Gasteiger partial charge in [0.1, 0.15) is 5.15 Å². The Morgan fingerprint density at radius 1 is 1.21 bits per heavy atom. The van der Waals surface area contributed by atoms with Crippen LogP contribution < -0.4 is 0 Å². The zero-order valence-corrected chi connectivity index (χ0v) is 10.3. The van der Waals surface area contributed by atoms with Crippen molar-refractivity contribution in [2.45, 2.75) is 6.92 Å². The molecule has 0 saturated heterocycles. The van der Waals surface area contributed by atoms with E-state index >= 15 is 0 Å². The SMILES string of the molecule is Cc1cc(Br)c2nc(Cl)nc(Cl)c2c1. The molecule has 0 atom stereocenters. The highest BCUT2D eigenvalue weighted by molar-refractivity contribution is 9.10. The Morgan fingerprint density at radius 3 is 2.64 bits per heavy atom. The number of aromatic nitrogens is 2. The van der Waals surface area contributed by atoms with Crippen LogP contribution in [-0.2, 0) is 0 Å². The third-order valence-corrected chi connectivity index (χ3v) is 2.89. The van der Waals surface area contributed by atoms with E-state index in [0.717, 1.165) is 20.9 Å². The van der Waals surface area contributed by atoms with Crippen molar-refractivity contribution in [1.29, 1.82) is 0 Å². The average molecular weight is 292 g/mol. The molecule has 0 aliphatic heterocycles. The number of aryl methyl sites for hydroxylation is 1. The molecule has 0 N–H and O–H groups in total. The largest absolute Gasteiger partial charge is 0.224 e. The molecule has 2 aromatic rings. The van der Waals surface area contributed by atoms with Crippen molar-refractivity contribution in [2.24, 2.45) is 0 Å². The van der Waals surface area contributed by atoms with Gasteiger partial charge in [-0.05, 0) is 52.2 Å². The first-order valence-electron chi connectivity index (χ1n) is 3.87. The van der Waals surface area contributed by atoms with Gasteiger partial charge in [-0.1, -0.05) is 11.6 Å². The molecule has 0 saturated carbocycles. The van der Waals surface area contributed by atoms with E-state index in [9.17, 15) is 0 Å². The van der Waals surface area contributed by atoms with Crippen LogP contribution in [0.3, 0.4) is 0 Å². The minimum absolute atomic E-state index is 0.159. The first-order chi connectivity index (χ1) is 6.58. The fourth-order valence-electron chi connectivity index (χ4n) is 1.26. The minimum atomic E-state index is 0.159. The molecule has 0 fully saturated rings. The topological polar surface area (TPSA) is 25.8 Å². The highest BCUT2D eigenvalue weighted by Gasteiger charge is 2.08. The molecular formula is C9H5BrCl2N2. The highest BCUT2D eigenvalue weighted by atomic mass is 79.9. The van der Waals surface area contributed by atoms with Crippen LogP contribution in [0.4, 0.5) is 0 Å². The lowest BCUT2D eigenvalue weighted by Crippen LogP contribution is -1.88. The van der Waals surface area contributed by atoms with Gasteiger partial charge in [0, 0.05) is 9.86 Å². The fraction of sp³-hybridized carbons (Fsp3) is 0.111. The summed E-state index contributed by atoms with van der Waals surface area (Å²) in [4.78, 5) is 7.98. The molecule has 0 aliphatic rings. The van der Waals surface area contributed by atoms with Gasteiger partial charge in [0.05, 0.1) is 5.52 Å². The van der Waals surface area contributed by atoms with Gasteiger partial charge < -0.3 is 0 Å². The van der Waals surface area contributed by atoms with E-state index in [1.54, 1.807) is 0 Å². The Labute approximate surface area is 99.4 Å². The molecular weight excluding hydrogens is 287 g/mol. The van der Waals surface area contributed by atoms with E-state index < -0.39 is 0 Å². The summed E-state index contributed by atoms with van der Waals surface area (Å²) in [5.74, 6) is 0. The molecule has 0 radical (unpaired) electrons. The second-order valence-corrected chi connectivity index (χ2v) is 4.48. The molecule has 0 spiro atoms. The molecule has 0 unspecified atom stereocenters. The van der Waals surface area contributed by atoms with Crippen LogP contribution in [0.15, 0.2) is 16.6 Å². The van der Waals surface area contributed by atoms with E-state index in [4.69, 9.17) is 23.2 Å². The standard InChI is InChI=1S/C9H5BrCl2N2/c1-4-2-5-7(6(10)3-4)13-9(12)14-8(5)11/h2-3H,1H3. The summed E-state index contributed by atoms with van der Waals surface area (Å²) in [6.07, 6.45) is 0. The fourth-order valence-corrected chi connectivity index (χ4v) is 2.36. The van der Waals surface area contributed by atoms with Crippen LogP contribution in [0.5, 0.6) is 0 Å². The van der Waals surface area contributed by atoms with E-state index in [-0.39, 0.29) is 5.28 Å². The molecule has 1 aromatic heterocycles. The first-order valence-corrected chi connectivity index (χ1v) is 5.42. The average Bonchev–Trinajstić information content (AvgIpc) is 2.07. The zero-order valence-electron chi connectivity index (χ0n) is 7.18. The van der Waals surface area contributed by atoms with Crippen LogP contribution in [0.25, 0.3) is 10.9 Å². The second kappa shape index (κ2) is 3.65. The number of halogens is 3.